The molecule has 0 aromatic heterocycles. The molecule has 1 aliphatic carbocycles. The number of hydrogen-bond acceptors (Lipinski definition) is 5. The monoisotopic (exact) mass is 346 g/mol. The summed E-state index contributed by atoms with van der Waals surface area (Å²) in [4.78, 5) is 4.98. The summed E-state index contributed by atoms with van der Waals surface area (Å²) in [6, 6.07) is 0.295. The molecular formula is C16H30N2O2S2. The van der Waals surface area contributed by atoms with E-state index in [9.17, 15) is 8.42 Å². The van der Waals surface area contributed by atoms with Crippen molar-refractivity contribution in [2.24, 2.45) is 0 Å². The summed E-state index contributed by atoms with van der Waals surface area (Å²) in [6.45, 7) is 5.53. The predicted molar refractivity (Wildman–Crippen MR) is 94.4 cm³/mol. The second-order valence-electron chi connectivity index (χ2n) is 7.07. The van der Waals surface area contributed by atoms with Gasteiger partial charge in [-0.05, 0) is 19.3 Å². The molecule has 0 N–H and O–H groups in total. The van der Waals surface area contributed by atoms with E-state index in [1.54, 1.807) is 0 Å². The lowest BCUT2D eigenvalue weighted by Gasteiger charge is -2.37. The van der Waals surface area contributed by atoms with Gasteiger partial charge < -0.3 is 0 Å². The van der Waals surface area contributed by atoms with Gasteiger partial charge in [-0.25, -0.2) is 8.42 Å². The maximum absolute atomic E-state index is 11.6. The van der Waals surface area contributed by atoms with Gasteiger partial charge in [0.15, 0.2) is 9.84 Å². The molecule has 3 rings (SSSR count). The Morgan fingerprint density at radius 1 is 0.955 bits per heavy atom. The van der Waals surface area contributed by atoms with Crippen molar-refractivity contribution in [1.29, 1.82) is 0 Å². The normalized spacial score (nSPS) is 31.5. The molecule has 3 fully saturated rings. The average Bonchev–Trinajstić information content (AvgIpc) is 2.89. The highest BCUT2D eigenvalue weighted by Crippen LogP contribution is 2.28. The average molecular weight is 347 g/mol. The van der Waals surface area contributed by atoms with Crippen LogP contribution in [0.3, 0.4) is 0 Å². The molecule has 0 aromatic rings. The highest BCUT2D eigenvalue weighted by atomic mass is 32.2. The summed E-state index contributed by atoms with van der Waals surface area (Å²) in [5.74, 6) is 2.06. The van der Waals surface area contributed by atoms with Gasteiger partial charge in [0.25, 0.3) is 0 Å². The Morgan fingerprint density at radius 2 is 1.68 bits per heavy atom. The molecule has 22 heavy (non-hydrogen) atoms. The van der Waals surface area contributed by atoms with Crippen molar-refractivity contribution in [1.82, 2.24) is 9.80 Å². The molecule has 3 aliphatic rings. The third kappa shape index (κ3) is 4.86. The summed E-state index contributed by atoms with van der Waals surface area (Å²) < 4.78 is 23.2. The summed E-state index contributed by atoms with van der Waals surface area (Å²) in [5, 5.41) is 0.915. The smallest absolute Gasteiger partial charge is 0.151 e. The van der Waals surface area contributed by atoms with E-state index in [1.165, 1.54) is 44.4 Å². The summed E-state index contributed by atoms with van der Waals surface area (Å²) in [5.41, 5.74) is 0. The molecular weight excluding hydrogens is 316 g/mol. The van der Waals surface area contributed by atoms with Gasteiger partial charge in [0.05, 0.1) is 11.5 Å². The first kappa shape index (κ1) is 17.1. The summed E-state index contributed by atoms with van der Waals surface area (Å²) in [6.07, 6.45) is 8.00. The highest BCUT2D eigenvalue weighted by molar-refractivity contribution is 7.99. The van der Waals surface area contributed by atoms with Gasteiger partial charge in [0, 0.05) is 49.8 Å². The van der Waals surface area contributed by atoms with E-state index in [0.717, 1.165) is 37.8 Å². The van der Waals surface area contributed by atoms with E-state index in [1.807, 2.05) is 0 Å². The van der Waals surface area contributed by atoms with E-state index in [0.29, 0.717) is 17.5 Å². The Labute approximate surface area is 139 Å². The highest BCUT2D eigenvalue weighted by Gasteiger charge is 2.33. The van der Waals surface area contributed by atoms with Crippen LogP contribution in [-0.4, -0.2) is 79.5 Å². The maximum atomic E-state index is 11.6. The van der Waals surface area contributed by atoms with Crippen LogP contribution in [0.4, 0.5) is 0 Å². The second-order valence-corrected chi connectivity index (χ2v) is 10.7. The lowest BCUT2D eigenvalue weighted by atomic mass is 10.0. The minimum absolute atomic E-state index is 0.295. The van der Waals surface area contributed by atoms with Crippen molar-refractivity contribution in [3.05, 3.63) is 0 Å². The van der Waals surface area contributed by atoms with Crippen molar-refractivity contribution in [2.75, 3.05) is 50.0 Å². The molecule has 0 bridgehead atoms. The maximum Gasteiger partial charge on any atom is 0.151 e. The Bertz CT molecular complexity index is 441. The fourth-order valence-electron chi connectivity index (χ4n) is 4.00. The Hall–Kier alpha value is 0.220. The van der Waals surface area contributed by atoms with Crippen LogP contribution in [0.5, 0.6) is 0 Å². The SMILES string of the molecule is O=S1(=O)CC[C@H](N2CCN(CCSC3CCCCC3)CC2)C1. The molecule has 2 aliphatic heterocycles. The van der Waals surface area contributed by atoms with Gasteiger partial charge in [0.2, 0.25) is 0 Å². The van der Waals surface area contributed by atoms with Crippen molar-refractivity contribution >= 4 is 21.6 Å². The van der Waals surface area contributed by atoms with Crippen molar-refractivity contribution < 1.29 is 8.42 Å². The lowest BCUT2D eigenvalue weighted by molar-refractivity contribution is 0.109. The van der Waals surface area contributed by atoms with E-state index in [2.05, 4.69) is 21.6 Å². The van der Waals surface area contributed by atoms with Crippen molar-refractivity contribution in [3.63, 3.8) is 0 Å². The van der Waals surface area contributed by atoms with Gasteiger partial charge in [-0.3, -0.25) is 9.80 Å². The molecule has 0 unspecified atom stereocenters. The molecule has 0 radical (unpaired) electrons. The summed E-state index contributed by atoms with van der Waals surface area (Å²) in [7, 11) is -2.74. The van der Waals surface area contributed by atoms with Gasteiger partial charge >= 0.3 is 0 Å². The number of sulfone groups is 1. The Balaban J connectivity index is 1.32. The van der Waals surface area contributed by atoms with Crippen molar-refractivity contribution in [2.45, 2.75) is 49.8 Å². The molecule has 2 heterocycles. The second kappa shape index (κ2) is 7.86. The zero-order chi connectivity index (χ0) is 15.4. The Morgan fingerprint density at radius 3 is 2.32 bits per heavy atom. The standard InChI is InChI=1S/C16H30N2O2S2/c19-22(20)13-6-15(14-22)18-9-7-17(8-10-18)11-12-21-16-4-2-1-3-5-16/h15-16H,1-14H2/t15-/m0/s1. The Kier molecular flexibility index (Phi) is 6.09. The first-order chi connectivity index (χ1) is 10.6. The van der Waals surface area contributed by atoms with Crippen LogP contribution in [-0.2, 0) is 9.84 Å². The van der Waals surface area contributed by atoms with Crippen LogP contribution in [0.25, 0.3) is 0 Å². The van der Waals surface area contributed by atoms with Gasteiger partial charge in [-0.15, -0.1) is 0 Å². The number of rotatable bonds is 5. The molecule has 6 heteroatoms. The van der Waals surface area contributed by atoms with Crippen LogP contribution < -0.4 is 0 Å². The van der Waals surface area contributed by atoms with Gasteiger partial charge in [0.1, 0.15) is 0 Å². The molecule has 128 valence electrons. The van der Waals surface area contributed by atoms with Crippen LogP contribution >= 0.6 is 11.8 Å². The molecule has 0 amide bonds. The molecule has 1 atom stereocenters. The molecule has 0 spiro atoms. The fraction of sp³-hybridized carbons (Fsp3) is 1.00. The first-order valence-electron chi connectivity index (χ1n) is 8.91. The van der Waals surface area contributed by atoms with E-state index in [-0.39, 0.29) is 0 Å². The predicted octanol–water partition coefficient (Wildman–Crippen LogP) is 1.86. The number of nitrogens with zero attached hydrogens (tertiary/aromatic N) is 2. The molecule has 2 saturated heterocycles. The molecule has 1 saturated carbocycles. The third-order valence-corrected chi connectivity index (χ3v) is 8.56. The first-order valence-corrected chi connectivity index (χ1v) is 11.8. The van der Waals surface area contributed by atoms with E-state index >= 15 is 0 Å². The van der Waals surface area contributed by atoms with Crippen LogP contribution in [0.15, 0.2) is 0 Å². The van der Waals surface area contributed by atoms with Crippen LogP contribution in [0, 0.1) is 0 Å². The number of thioether (sulfide) groups is 1. The van der Waals surface area contributed by atoms with Crippen LogP contribution in [0.1, 0.15) is 38.5 Å². The minimum Gasteiger partial charge on any atom is -0.300 e. The van der Waals surface area contributed by atoms with Crippen LogP contribution in [0.2, 0.25) is 0 Å². The topological polar surface area (TPSA) is 40.6 Å². The van der Waals surface area contributed by atoms with Crippen molar-refractivity contribution in [3.8, 4) is 0 Å². The summed E-state index contributed by atoms with van der Waals surface area (Å²) >= 11 is 2.18. The van der Waals surface area contributed by atoms with E-state index < -0.39 is 9.84 Å². The molecule has 0 aromatic carbocycles. The quantitative estimate of drug-likeness (QED) is 0.760. The number of hydrogen-bond donors (Lipinski definition) is 0. The third-order valence-electron chi connectivity index (χ3n) is 5.44. The lowest BCUT2D eigenvalue weighted by Crippen LogP contribution is -2.51. The van der Waals surface area contributed by atoms with Gasteiger partial charge in [-0.1, -0.05) is 19.3 Å². The minimum atomic E-state index is -2.74. The molecule has 4 nitrogen and oxygen atoms in total. The largest absolute Gasteiger partial charge is 0.300 e. The zero-order valence-corrected chi connectivity index (χ0v) is 15.2. The van der Waals surface area contributed by atoms with E-state index in [4.69, 9.17) is 0 Å². The van der Waals surface area contributed by atoms with Gasteiger partial charge in [-0.2, -0.15) is 11.8 Å². The zero-order valence-electron chi connectivity index (χ0n) is 13.6. The number of piperazine rings is 1. The fourth-order valence-corrected chi connectivity index (χ4v) is 7.12.